The normalized spacial score (nSPS) is 28.5. The molecular formula is C17H25N3O. The molecule has 114 valence electrons. The van der Waals surface area contributed by atoms with Crippen molar-refractivity contribution in [2.24, 2.45) is 17.6 Å². The van der Waals surface area contributed by atoms with Gasteiger partial charge < -0.3 is 16.4 Å². The summed E-state index contributed by atoms with van der Waals surface area (Å²) in [6.07, 6.45) is 9.60. The van der Waals surface area contributed by atoms with E-state index in [4.69, 9.17) is 5.73 Å². The number of hydrogen-bond donors (Lipinski definition) is 3. The van der Waals surface area contributed by atoms with Gasteiger partial charge in [0.2, 0.25) is 0 Å². The second-order valence-corrected chi connectivity index (χ2v) is 6.53. The number of nitrogens with one attached hydrogen (secondary N) is 2. The smallest absolute Gasteiger partial charge is 0.316 e. The Morgan fingerprint density at radius 2 is 1.81 bits per heavy atom. The molecule has 1 aromatic carbocycles. The van der Waals surface area contributed by atoms with E-state index in [2.05, 4.69) is 16.7 Å². The van der Waals surface area contributed by atoms with Crippen molar-refractivity contribution in [3.05, 3.63) is 24.3 Å². The SMILES string of the molecule is NC(=O)Nc1cccc(NC2CCC3CCCCC3C2)c1. The third kappa shape index (κ3) is 3.69. The van der Waals surface area contributed by atoms with Crippen molar-refractivity contribution in [1.29, 1.82) is 0 Å². The van der Waals surface area contributed by atoms with Gasteiger partial charge in [0.05, 0.1) is 0 Å². The van der Waals surface area contributed by atoms with Crippen LogP contribution in [0, 0.1) is 11.8 Å². The predicted octanol–water partition coefficient (Wildman–Crippen LogP) is 3.95. The molecule has 2 amide bonds. The zero-order valence-electron chi connectivity index (χ0n) is 12.5. The number of carbonyl (C=O) groups is 1. The van der Waals surface area contributed by atoms with Gasteiger partial charge in [-0.15, -0.1) is 0 Å². The van der Waals surface area contributed by atoms with Crippen LogP contribution < -0.4 is 16.4 Å². The van der Waals surface area contributed by atoms with E-state index in [0.29, 0.717) is 6.04 Å². The van der Waals surface area contributed by atoms with E-state index in [1.807, 2.05) is 18.2 Å². The fourth-order valence-electron chi connectivity index (χ4n) is 4.07. The molecule has 4 nitrogen and oxygen atoms in total. The summed E-state index contributed by atoms with van der Waals surface area (Å²) in [7, 11) is 0. The summed E-state index contributed by atoms with van der Waals surface area (Å²) < 4.78 is 0. The minimum Gasteiger partial charge on any atom is -0.382 e. The highest BCUT2D eigenvalue weighted by atomic mass is 16.2. The number of urea groups is 1. The predicted molar refractivity (Wildman–Crippen MR) is 86.4 cm³/mol. The number of amides is 2. The van der Waals surface area contributed by atoms with Crippen LogP contribution in [0.3, 0.4) is 0 Å². The lowest BCUT2D eigenvalue weighted by Gasteiger charge is -2.39. The van der Waals surface area contributed by atoms with Gasteiger partial charge >= 0.3 is 6.03 Å². The van der Waals surface area contributed by atoms with Gasteiger partial charge in [0.25, 0.3) is 0 Å². The molecule has 3 rings (SSSR count). The summed E-state index contributed by atoms with van der Waals surface area (Å²) >= 11 is 0. The van der Waals surface area contributed by atoms with Crippen molar-refractivity contribution in [3.63, 3.8) is 0 Å². The molecule has 0 aromatic heterocycles. The maximum Gasteiger partial charge on any atom is 0.316 e. The molecule has 0 saturated heterocycles. The highest BCUT2D eigenvalue weighted by Crippen LogP contribution is 2.41. The van der Waals surface area contributed by atoms with Crippen LogP contribution in [0.1, 0.15) is 44.9 Å². The molecule has 1 aromatic rings. The number of hydrogen-bond acceptors (Lipinski definition) is 2. The van der Waals surface area contributed by atoms with Crippen LogP contribution >= 0.6 is 0 Å². The minimum atomic E-state index is -0.519. The lowest BCUT2D eigenvalue weighted by atomic mass is 9.69. The largest absolute Gasteiger partial charge is 0.382 e. The van der Waals surface area contributed by atoms with E-state index < -0.39 is 6.03 Å². The second kappa shape index (κ2) is 6.37. The van der Waals surface area contributed by atoms with E-state index in [0.717, 1.165) is 23.2 Å². The first-order valence-corrected chi connectivity index (χ1v) is 8.14. The van der Waals surface area contributed by atoms with Crippen LogP contribution in [-0.2, 0) is 0 Å². The zero-order valence-corrected chi connectivity index (χ0v) is 12.5. The first-order chi connectivity index (χ1) is 10.2. The van der Waals surface area contributed by atoms with Gasteiger partial charge in [-0.25, -0.2) is 4.79 Å². The van der Waals surface area contributed by atoms with Gasteiger partial charge in [-0.3, -0.25) is 0 Å². The Labute approximate surface area is 126 Å². The van der Waals surface area contributed by atoms with Crippen molar-refractivity contribution in [1.82, 2.24) is 0 Å². The average molecular weight is 287 g/mol. The minimum absolute atomic E-state index is 0.519. The first kappa shape index (κ1) is 14.2. The molecule has 3 atom stereocenters. The molecule has 2 aliphatic rings. The number of rotatable bonds is 3. The molecule has 0 radical (unpaired) electrons. The molecule has 3 unspecified atom stereocenters. The first-order valence-electron chi connectivity index (χ1n) is 8.14. The Morgan fingerprint density at radius 1 is 1.05 bits per heavy atom. The van der Waals surface area contributed by atoms with Crippen LogP contribution in [0.15, 0.2) is 24.3 Å². The summed E-state index contributed by atoms with van der Waals surface area (Å²) in [6, 6.07) is 7.85. The quantitative estimate of drug-likeness (QED) is 0.788. The Balaban J connectivity index is 1.60. The molecule has 0 spiro atoms. The van der Waals surface area contributed by atoms with Crippen LogP contribution in [0.4, 0.5) is 16.2 Å². The Morgan fingerprint density at radius 3 is 2.62 bits per heavy atom. The maximum absolute atomic E-state index is 10.9. The monoisotopic (exact) mass is 287 g/mol. The van der Waals surface area contributed by atoms with Crippen molar-refractivity contribution in [2.45, 2.75) is 51.0 Å². The second-order valence-electron chi connectivity index (χ2n) is 6.53. The van der Waals surface area contributed by atoms with Crippen molar-refractivity contribution in [2.75, 3.05) is 10.6 Å². The fraction of sp³-hybridized carbons (Fsp3) is 0.588. The van der Waals surface area contributed by atoms with Gasteiger partial charge in [-0.05, 0) is 49.3 Å². The van der Waals surface area contributed by atoms with Gasteiger partial charge in [0, 0.05) is 17.4 Å². The van der Waals surface area contributed by atoms with Crippen LogP contribution in [0.2, 0.25) is 0 Å². The number of primary amides is 1. The van der Waals surface area contributed by atoms with E-state index in [9.17, 15) is 4.79 Å². The highest BCUT2D eigenvalue weighted by molar-refractivity contribution is 5.88. The van der Waals surface area contributed by atoms with Gasteiger partial charge in [-0.1, -0.05) is 31.7 Å². The summed E-state index contributed by atoms with van der Waals surface area (Å²) in [4.78, 5) is 10.9. The lowest BCUT2D eigenvalue weighted by molar-refractivity contribution is 0.162. The van der Waals surface area contributed by atoms with E-state index in [-0.39, 0.29) is 0 Å². The number of benzene rings is 1. The molecular weight excluding hydrogens is 262 g/mol. The van der Waals surface area contributed by atoms with Gasteiger partial charge in [0.15, 0.2) is 0 Å². The number of carbonyl (C=O) groups excluding carboxylic acids is 1. The molecule has 0 heterocycles. The molecule has 0 aliphatic heterocycles. The molecule has 0 bridgehead atoms. The summed E-state index contributed by atoms with van der Waals surface area (Å²) in [6.45, 7) is 0. The van der Waals surface area contributed by atoms with Crippen LogP contribution in [0.5, 0.6) is 0 Å². The average Bonchev–Trinajstić information content (AvgIpc) is 2.47. The van der Waals surface area contributed by atoms with Crippen molar-refractivity contribution < 1.29 is 4.79 Å². The van der Waals surface area contributed by atoms with Crippen LogP contribution in [-0.4, -0.2) is 12.1 Å². The van der Waals surface area contributed by atoms with E-state index in [1.165, 1.54) is 44.9 Å². The van der Waals surface area contributed by atoms with E-state index >= 15 is 0 Å². The summed E-state index contributed by atoms with van der Waals surface area (Å²) in [5, 5.41) is 6.26. The third-order valence-corrected chi connectivity index (χ3v) is 5.04. The van der Waals surface area contributed by atoms with Crippen molar-refractivity contribution >= 4 is 17.4 Å². The molecule has 2 fully saturated rings. The molecule has 4 heteroatoms. The Bertz CT molecular complexity index is 503. The topological polar surface area (TPSA) is 67.2 Å². The molecule has 4 N–H and O–H groups in total. The zero-order chi connectivity index (χ0) is 14.7. The van der Waals surface area contributed by atoms with Gasteiger partial charge in [0.1, 0.15) is 0 Å². The molecule has 2 aliphatic carbocycles. The third-order valence-electron chi connectivity index (χ3n) is 5.04. The van der Waals surface area contributed by atoms with Crippen molar-refractivity contribution in [3.8, 4) is 0 Å². The van der Waals surface area contributed by atoms with E-state index in [1.54, 1.807) is 0 Å². The maximum atomic E-state index is 10.9. The summed E-state index contributed by atoms with van der Waals surface area (Å²) in [5.41, 5.74) is 6.98. The number of anilines is 2. The Kier molecular flexibility index (Phi) is 4.32. The standard InChI is InChI=1S/C17H25N3O/c18-17(21)20-15-7-3-6-14(11-15)19-16-9-8-12-4-1-2-5-13(12)10-16/h3,6-7,11-13,16,19H,1-2,4-5,8-10H2,(H3,18,20,21). The molecule has 21 heavy (non-hydrogen) atoms. The lowest BCUT2D eigenvalue weighted by Crippen LogP contribution is -2.34. The number of fused-ring (bicyclic) bond motifs is 1. The molecule has 2 saturated carbocycles. The van der Waals surface area contributed by atoms with Gasteiger partial charge in [-0.2, -0.15) is 0 Å². The number of nitrogens with two attached hydrogens (primary N) is 1. The Hall–Kier alpha value is -1.71. The summed E-state index contributed by atoms with van der Waals surface area (Å²) in [5.74, 6) is 1.89. The van der Waals surface area contributed by atoms with Crippen LogP contribution in [0.25, 0.3) is 0 Å². The highest BCUT2D eigenvalue weighted by Gasteiger charge is 2.31. The fourth-order valence-corrected chi connectivity index (χ4v) is 4.07.